The summed E-state index contributed by atoms with van der Waals surface area (Å²) < 4.78 is 2.44. The van der Waals surface area contributed by atoms with Crippen LogP contribution in [0, 0.1) is 0 Å². The quantitative estimate of drug-likeness (QED) is 0.153. The van der Waals surface area contributed by atoms with Crippen molar-refractivity contribution in [2.24, 2.45) is 5.10 Å². The van der Waals surface area contributed by atoms with E-state index in [0.717, 1.165) is 14.9 Å². The molecule has 0 bridgehead atoms. The predicted octanol–water partition coefficient (Wildman–Crippen LogP) is 5.11. The Balaban J connectivity index is 1.53. The average Bonchev–Trinajstić information content (AvgIpc) is 2.84. The van der Waals surface area contributed by atoms with Crippen molar-refractivity contribution in [3.05, 3.63) is 93.2 Å². The molecule has 166 valence electrons. The standard InChI is InChI=1S/C24H19BrN4O2S2/c1-32-19-12-6-16(7-13-19)14-26-28-22(30)15-33-24-27-21-5-3-2-4-20(21)23(31)29(24)18-10-8-17(25)9-11-18/h2-14H,15H2,1H3,(H,28,30)/b26-14+. The van der Waals surface area contributed by atoms with Gasteiger partial charge >= 0.3 is 0 Å². The van der Waals surface area contributed by atoms with Crippen molar-refractivity contribution in [3.63, 3.8) is 0 Å². The van der Waals surface area contributed by atoms with Crippen LogP contribution in [0.3, 0.4) is 0 Å². The van der Waals surface area contributed by atoms with Crippen LogP contribution in [0.15, 0.2) is 97.2 Å². The molecule has 0 spiro atoms. The van der Waals surface area contributed by atoms with Gasteiger partial charge < -0.3 is 0 Å². The Morgan fingerprint density at radius 1 is 1.09 bits per heavy atom. The second-order valence-electron chi connectivity index (χ2n) is 6.88. The van der Waals surface area contributed by atoms with Crippen LogP contribution in [0.2, 0.25) is 0 Å². The molecule has 0 saturated carbocycles. The smallest absolute Gasteiger partial charge is 0.266 e. The summed E-state index contributed by atoms with van der Waals surface area (Å²) in [7, 11) is 0. The van der Waals surface area contributed by atoms with Gasteiger partial charge in [0, 0.05) is 9.37 Å². The summed E-state index contributed by atoms with van der Waals surface area (Å²) in [5, 5.41) is 4.99. The van der Waals surface area contributed by atoms with Gasteiger partial charge in [0.15, 0.2) is 5.16 Å². The molecule has 0 aliphatic carbocycles. The van der Waals surface area contributed by atoms with Gasteiger partial charge in [-0.2, -0.15) is 5.10 Å². The SMILES string of the molecule is CSc1ccc(/C=N/NC(=O)CSc2nc3ccccc3c(=O)n2-c2ccc(Br)cc2)cc1. The van der Waals surface area contributed by atoms with Crippen LogP contribution in [0.1, 0.15) is 5.56 Å². The third-order valence-corrected chi connectivity index (χ3v) is 6.89. The minimum atomic E-state index is -0.290. The van der Waals surface area contributed by atoms with Crippen molar-refractivity contribution in [1.29, 1.82) is 0 Å². The van der Waals surface area contributed by atoms with E-state index < -0.39 is 0 Å². The maximum absolute atomic E-state index is 13.2. The van der Waals surface area contributed by atoms with Crippen molar-refractivity contribution in [2.75, 3.05) is 12.0 Å². The number of nitrogens with one attached hydrogen (secondary N) is 1. The van der Waals surface area contributed by atoms with Crippen LogP contribution < -0.4 is 11.0 Å². The normalized spacial score (nSPS) is 11.2. The summed E-state index contributed by atoms with van der Waals surface area (Å²) >= 11 is 6.27. The van der Waals surface area contributed by atoms with Gasteiger partial charge in [-0.25, -0.2) is 10.4 Å². The number of carbonyl (C=O) groups is 1. The van der Waals surface area contributed by atoms with Crippen LogP contribution in [0.25, 0.3) is 16.6 Å². The zero-order chi connectivity index (χ0) is 23.2. The van der Waals surface area contributed by atoms with Crippen LogP contribution >= 0.6 is 39.5 Å². The second kappa shape index (κ2) is 10.8. The molecule has 0 unspecified atom stereocenters. The lowest BCUT2D eigenvalue weighted by atomic mass is 10.2. The number of amides is 1. The lowest BCUT2D eigenvalue weighted by Gasteiger charge is -2.13. The fourth-order valence-corrected chi connectivity index (χ4v) is 4.54. The van der Waals surface area contributed by atoms with Gasteiger partial charge in [0.05, 0.1) is 28.6 Å². The number of rotatable bonds is 7. The molecule has 9 heteroatoms. The molecular weight excluding hydrogens is 520 g/mol. The Bertz CT molecular complexity index is 1370. The molecule has 4 rings (SSSR count). The van der Waals surface area contributed by atoms with Crippen LogP contribution in [-0.4, -0.2) is 33.7 Å². The first kappa shape index (κ1) is 23.3. The van der Waals surface area contributed by atoms with E-state index in [1.54, 1.807) is 30.1 Å². The maximum Gasteiger partial charge on any atom is 0.266 e. The maximum atomic E-state index is 13.2. The number of hydrazone groups is 1. The zero-order valence-corrected chi connectivity index (χ0v) is 20.8. The van der Waals surface area contributed by atoms with E-state index in [9.17, 15) is 9.59 Å². The molecule has 0 radical (unpaired) electrons. The number of aromatic nitrogens is 2. The molecule has 4 aromatic rings. The Morgan fingerprint density at radius 3 is 2.55 bits per heavy atom. The van der Waals surface area contributed by atoms with Gasteiger partial charge in [0.1, 0.15) is 0 Å². The molecule has 1 N–H and O–H groups in total. The molecule has 0 aliphatic rings. The lowest BCUT2D eigenvalue weighted by molar-refractivity contribution is -0.118. The summed E-state index contributed by atoms with van der Waals surface area (Å²) in [6.45, 7) is 0. The first-order chi connectivity index (χ1) is 16.0. The number of halogens is 1. The number of hydrogen-bond acceptors (Lipinski definition) is 6. The van der Waals surface area contributed by atoms with E-state index in [4.69, 9.17) is 0 Å². The monoisotopic (exact) mass is 538 g/mol. The van der Waals surface area contributed by atoms with Gasteiger partial charge in [-0.1, -0.05) is 52.0 Å². The fourth-order valence-electron chi connectivity index (χ4n) is 3.06. The summed E-state index contributed by atoms with van der Waals surface area (Å²) in [5.74, 6) is -0.230. The number of carbonyl (C=O) groups excluding carboxylic acids is 1. The summed E-state index contributed by atoms with van der Waals surface area (Å²) in [6.07, 6.45) is 3.61. The minimum Gasteiger partial charge on any atom is -0.272 e. The molecule has 0 aliphatic heterocycles. The van der Waals surface area contributed by atoms with E-state index in [1.165, 1.54) is 16.3 Å². The highest BCUT2D eigenvalue weighted by molar-refractivity contribution is 9.10. The van der Waals surface area contributed by atoms with E-state index >= 15 is 0 Å². The first-order valence-electron chi connectivity index (χ1n) is 9.91. The summed E-state index contributed by atoms with van der Waals surface area (Å²) in [4.78, 5) is 31.4. The van der Waals surface area contributed by atoms with Gasteiger partial charge in [0.2, 0.25) is 0 Å². The first-order valence-corrected chi connectivity index (χ1v) is 12.9. The van der Waals surface area contributed by atoms with Crippen LogP contribution in [-0.2, 0) is 4.79 Å². The molecule has 1 amide bonds. The molecule has 3 aromatic carbocycles. The van der Waals surface area contributed by atoms with E-state index in [2.05, 4.69) is 31.4 Å². The van der Waals surface area contributed by atoms with Crippen LogP contribution in [0.4, 0.5) is 0 Å². The van der Waals surface area contributed by atoms with Gasteiger partial charge in [0.25, 0.3) is 11.5 Å². The number of fused-ring (bicyclic) bond motifs is 1. The van der Waals surface area contributed by atoms with Gasteiger partial charge in [-0.3, -0.25) is 14.2 Å². The Kier molecular flexibility index (Phi) is 7.64. The summed E-state index contributed by atoms with van der Waals surface area (Å²) in [6, 6.07) is 22.4. The highest BCUT2D eigenvalue weighted by atomic mass is 79.9. The molecule has 0 atom stereocenters. The van der Waals surface area contributed by atoms with Crippen LogP contribution in [0.5, 0.6) is 0 Å². The van der Waals surface area contributed by atoms with Gasteiger partial charge in [-0.15, -0.1) is 11.8 Å². The largest absolute Gasteiger partial charge is 0.272 e. The molecular formula is C24H19BrN4O2S2. The number of para-hydroxylation sites is 1. The van der Waals surface area contributed by atoms with Gasteiger partial charge in [-0.05, 0) is 60.4 Å². The molecule has 1 aromatic heterocycles. The van der Waals surface area contributed by atoms with E-state index in [-0.39, 0.29) is 17.2 Å². The van der Waals surface area contributed by atoms with E-state index in [0.29, 0.717) is 21.7 Å². The van der Waals surface area contributed by atoms with E-state index in [1.807, 2.05) is 66.9 Å². The average molecular weight is 539 g/mol. The van der Waals surface area contributed by atoms with Crippen molar-refractivity contribution in [3.8, 4) is 5.69 Å². The molecule has 0 fully saturated rings. The Morgan fingerprint density at radius 2 is 1.82 bits per heavy atom. The molecule has 1 heterocycles. The fraction of sp³-hybridized carbons (Fsp3) is 0.0833. The number of nitrogens with zero attached hydrogens (tertiary/aromatic N) is 3. The molecule has 33 heavy (non-hydrogen) atoms. The second-order valence-corrected chi connectivity index (χ2v) is 9.62. The summed E-state index contributed by atoms with van der Waals surface area (Å²) in [5.41, 5.74) is 4.50. The highest BCUT2D eigenvalue weighted by Gasteiger charge is 2.14. The topological polar surface area (TPSA) is 76.3 Å². The highest BCUT2D eigenvalue weighted by Crippen LogP contribution is 2.22. The predicted molar refractivity (Wildman–Crippen MR) is 140 cm³/mol. The lowest BCUT2D eigenvalue weighted by Crippen LogP contribution is -2.24. The Labute approximate surface area is 207 Å². The molecule has 6 nitrogen and oxygen atoms in total. The number of benzene rings is 3. The third-order valence-electron chi connectivity index (χ3n) is 4.68. The van der Waals surface area contributed by atoms with Crippen molar-refractivity contribution >= 4 is 62.5 Å². The zero-order valence-electron chi connectivity index (χ0n) is 17.6. The van der Waals surface area contributed by atoms with Crippen molar-refractivity contribution < 1.29 is 4.79 Å². The Hall–Kier alpha value is -2.88. The third kappa shape index (κ3) is 5.73. The number of thioether (sulfide) groups is 2. The van der Waals surface area contributed by atoms with Crippen molar-refractivity contribution in [1.82, 2.24) is 15.0 Å². The number of hydrogen-bond donors (Lipinski definition) is 1. The van der Waals surface area contributed by atoms with Crippen molar-refractivity contribution in [2.45, 2.75) is 10.1 Å². The minimum absolute atomic E-state index is 0.0596. The molecule has 0 saturated heterocycles.